The van der Waals surface area contributed by atoms with Gasteiger partial charge in [0.15, 0.2) is 0 Å². The summed E-state index contributed by atoms with van der Waals surface area (Å²) in [5, 5.41) is 8.59. The van der Waals surface area contributed by atoms with Crippen molar-refractivity contribution in [2.24, 2.45) is 4.99 Å². The van der Waals surface area contributed by atoms with Gasteiger partial charge in [0, 0.05) is 0 Å². The first-order chi connectivity index (χ1) is 5.79. The number of benzene rings is 1. The standard InChI is InChI=1S/C8H3BrN2O/c9-8-6(4-10)2-1-3-7(8)11-5-12/h1-3H. The lowest BCUT2D eigenvalue weighted by molar-refractivity contribution is 0.565. The Balaban J connectivity index is 3.34. The van der Waals surface area contributed by atoms with E-state index >= 15 is 0 Å². The minimum absolute atomic E-state index is 0.420. The molecule has 1 aromatic carbocycles. The van der Waals surface area contributed by atoms with Crippen molar-refractivity contribution in [2.75, 3.05) is 0 Å². The van der Waals surface area contributed by atoms with Crippen molar-refractivity contribution in [3.8, 4) is 6.07 Å². The lowest BCUT2D eigenvalue weighted by atomic mass is 10.2. The topological polar surface area (TPSA) is 53.2 Å². The zero-order valence-corrected chi connectivity index (χ0v) is 7.50. The molecular formula is C8H3BrN2O. The van der Waals surface area contributed by atoms with E-state index in [2.05, 4.69) is 20.9 Å². The molecule has 0 unspecified atom stereocenters. The van der Waals surface area contributed by atoms with Gasteiger partial charge < -0.3 is 0 Å². The average Bonchev–Trinajstić information content (AvgIpc) is 2.09. The molecule has 0 aromatic heterocycles. The molecule has 0 saturated heterocycles. The third kappa shape index (κ3) is 1.59. The molecule has 0 spiro atoms. The van der Waals surface area contributed by atoms with E-state index in [9.17, 15) is 4.79 Å². The third-order valence-electron chi connectivity index (χ3n) is 1.26. The summed E-state index contributed by atoms with van der Waals surface area (Å²) in [6.45, 7) is 0. The maximum absolute atomic E-state index is 9.93. The number of carbonyl (C=O) groups excluding carboxylic acids is 1. The Hall–Kier alpha value is -1.43. The SMILES string of the molecule is N#Cc1cccc(N=C=O)c1Br. The van der Waals surface area contributed by atoms with Crippen LogP contribution in [0.25, 0.3) is 0 Å². The van der Waals surface area contributed by atoms with Gasteiger partial charge in [-0.3, -0.25) is 0 Å². The number of nitrogens with zero attached hydrogens (tertiary/aromatic N) is 2. The molecule has 0 fully saturated rings. The van der Waals surface area contributed by atoms with Crippen LogP contribution in [0.2, 0.25) is 0 Å². The predicted molar refractivity (Wildman–Crippen MR) is 46.6 cm³/mol. The van der Waals surface area contributed by atoms with Crippen molar-refractivity contribution >= 4 is 27.7 Å². The van der Waals surface area contributed by atoms with Crippen molar-refractivity contribution in [2.45, 2.75) is 0 Å². The summed E-state index contributed by atoms with van der Waals surface area (Å²) in [6, 6.07) is 6.86. The summed E-state index contributed by atoms with van der Waals surface area (Å²) < 4.78 is 0.524. The van der Waals surface area contributed by atoms with E-state index < -0.39 is 0 Å². The highest BCUT2D eigenvalue weighted by molar-refractivity contribution is 9.10. The molecule has 0 aliphatic carbocycles. The van der Waals surface area contributed by atoms with Crippen molar-refractivity contribution in [3.05, 3.63) is 28.2 Å². The second-order valence-electron chi connectivity index (χ2n) is 1.95. The van der Waals surface area contributed by atoms with E-state index in [1.165, 1.54) is 6.08 Å². The molecule has 12 heavy (non-hydrogen) atoms. The van der Waals surface area contributed by atoms with Crippen LogP contribution in [0.3, 0.4) is 0 Å². The van der Waals surface area contributed by atoms with Crippen LogP contribution in [-0.4, -0.2) is 6.08 Å². The first-order valence-electron chi connectivity index (χ1n) is 3.06. The lowest BCUT2D eigenvalue weighted by Gasteiger charge is -1.96. The fourth-order valence-corrected chi connectivity index (χ4v) is 1.18. The van der Waals surface area contributed by atoms with Gasteiger partial charge in [0.05, 0.1) is 15.7 Å². The van der Waals surface area contributed by atoms with Crippen LogP contribution in [0.1, 0.15) is 5.56 Å². The summed E-state index contributed by atoms with van der Waals surface area (Å²) >= 11 is 3.15. The largest absolute Gasteiger partial charge is 0.240 e. The van der Waals surface area contributed by atoms with Crippen molar-refractivity contribution in [1.82, 2.24) is 0 Å². The molecule has 58 valence electrons. The third-order valence-corrected chi connectivity index (χ3v) is 2.10. The summed E-state index contributed by atoms with van der Waals surface area (Å²) in [6.07, 6.45) is 1.41. The Bertz CT molecular complexity index is 389. The van der Waals surface area contributed by atoms with Gasteiger partial charge in [0.1, 0.15) is 6.07 Å². The molecule has 0 N–H and O–H groups in total. The molecule has 0 bridgehead atoms. The zero-order chi connectivity index (χ0) is 8.97. The lowest BCUT2D eigenvalue weighted by Crippen LogP contribution is -1.76. The molecule has 0 aliphatic heterocycles. The van der Waals surface area contributed by atoms with E-state index in [1.807, 2.05) is 6.07 Å². The number of aliphatic imine (C=N–C) groups is 1. The van der Waals surface area contributed by atoms with Gasteiger partial charge in [-0.15, -0.1) is 0 Å². The maximum atomic E-state index is 9.93. The Morgan fingerprint density at radius 1 is 1.50 bits per heavy atom. The smallest absolute Gasteiger partial charge is 0.211 e. The number of hydrogen-bond donors (Lipinski definition) is 0. The Morgan fingerprint density at radius 2 is 2.25 bits per heavy atom. The van der Waals surface area contributed by atoms with Crippen LogP contribution >= 0.6 is 15.9 Å². The molecule has 0 atom stereocenters. The molecule has 4 heteroatoms. The summed E-state index contributed by atoms with van der Waals surface area (Å²) in [5.41, 5.74) is 0.871. The first kappa shape index (κ1) is 8.66. The monoisotopic (exact) mass is 222 g/mol. The second kappa shape index (κ2) is 3.82. The maximum Gasteiger partial charge on any atom is 0.240 e. The summed E-state index contributed by atoms with van der Waals surface area (Å²) in [5.74, 6) is 0. The van der Waals surface area contributed by atoms with Crippen LogP contribution in [0.5, 0.6) is 0 Å². The highest BCUT2D eigenvalue weighted by atomic mass is 79.9. The van der Waals surface area contributed by atoms with Gasteiger partial charge in [-0.2, -0.15) is 10.3 Å². The summed E-state index contributed by atoms with van der Waals surface area (Å²) in [4.78, 5) is 13.3. The van der Waals surface area contributed by atoms with Gasteiger partial charge in [-0.25, -0.2) is 4.79 Å². The van der Waals surface area contributed by atoms with Crippen LogP contribution < -0.4 is 0 Å². The molecule has 1 rings (SSSR count). The number of isocyanates is 1. The van der Waals surface area contributed by atoms with Crippen LogP contribution in [0.4, 0.5) is 5.69 Å². The fraction of sp³-hybridized carbons (Fsp3) is 0. The Morgan fingerprint density at radius 3 is 2.83 bits per heavy atom. The average molecular weight is 223 g/mol. The van der Waals surface area contributed by atoms with Crippen molar-refractivity contribution in [3.63, 3.8) is 0 Å². The van der Waals surface area contributed by atoms with Gasteiger partial charge in [0.25, 0.3) is 0 Å². The molecule has 0 saturated carbocycles. The normalized spacial score (nSPS) is 8.33. The first-order valence-corrected chi connectivity index (χ1v) is 3.85. The molecule has 1 aromatic rings. The highest BCUT2D eigenvalue weighted by Gasteiger charge is 2.02. The molecule has 0 aliphatic rings. The van der Waals surface area contributed by atoms with Crippen molar-refractivity contribution < 1.29 is 4.79 Å². The van der Waals surface area contributed by atoms with E-state index in [-0.39, 0.29) is 0 Å². The minimum Gasteiger partial charge on any atom is -0.211 e. The molecule has 0 radical (unpaired) electrons. The Kier molecular flexibility index (Phi) is 2.76. The summed E-state index contributed by atoms with van der Waals surface area (Å²) in [7, 11) is 0. The number of halogens is 1. The van der Waals surface area contributed by atoms with Crippen LogP contribution in [0, 0.1) is 11.3 Å². The number of rotatable bonds is 1. The van der Waals surface area contributed by atoms with Crippen molar-refractivity contribution in [1.29, 1.82) is 5.26 Å². The second-order valence-corrected chi connectivity index (χ2v) is 2.75. The molecule has 3 nitrogen and oxygen atoms in total. The van der Waals surface area contributed by atoms with Gasteiger partial charge in [-0.05, 0) is 28.1 Å². The van der Waals surface area contributed by atoms with Gasteiger partial charge in [0.2, 0.25) is 6.08 Å². The van der Waals surface area contributed by atoms with Crippen LogP contribution in [0.15, 0.2) is 27.7 Å². The zero-order valence-electron chi connectivity index (χ0n) is 5.91. The fourth-order valence-electron chi connectivity index (χ4n) is 0.742. The van der Waals surface area contributed by atoms with E-state index in [0.717, 1.165) is 0 Å². The van der Waals surface area contributed by atoms with Gasteiger partial charge >= 0.3 is 0 Å². The predicted octanol–water partition coefficient (Wildman–Crippen LogP) is 2.29. The quantitative estimate of drug-likeness (QED) is 0.541. The highest BCUT2D eigenvalue weighted by Crippen LogP contribution is 2.27. The molecule has 0 amide bonds. The van der Waals surface area contributed by atoms with Crippen LogP contribution in [-0.2, 0) is 4.79 Å². The van der Waals surface area contributed by atoms with E-state index in [0.29, 0.717) is 15.7 Å². The van der Waals surface area contributed by atoms with E-state index in [4.69, 9.17) is 5.26 Å². The van der Waals surface area contributed by atoms with Gasteiger partial charge in [-0.1, -0.05) is 6.07 Å². The minimum atomic E-state index is 0.420. The molecular weight excluding hydrogens is 220 g/mol. The molecule has 0 heterocycles. The van der Waals surface area contributed by atoms with E-state index in [1.54, 1.807) is 18.2 Å². The number of hydrogen-bond acceptors (Lipinski definition) is 3. The Labute approximate surface area is 77.5 Å². The number of nitriles is 1.